The van der Waals surface area contributed by atoms with E-state index in [0.717, 1.165) is 11.3 Å². The summed E-state index contributed by atoms with van der Waals surface area (Å²) < 4.78 is 15.5. The highest BCUT2D eigenvalue weighted by Gasteiger charge is 2.19. The second kappa shape index (κ2) is 7.76. The van der Waals surface area contributed by atoms with E-state index in [0.29, 0.717) is 6.42 Å². The van der Waals surface area contributed by atoms with E-state index in [2.05, 4.69) is 0 Å². The Bertz CT molecular complexity index is 387. The lowest BCUT2D eigenvalue weighted by molar-refractivity contribution is -0.121. The van der Waals surface area contributed by atoms with Crippen LogP contribution in [0.4, 0.5) is 0 Å². The van der Waals surface area contributed by atoms with Crippen LogP contribution >= 0.6 is 0 Å². The van der Waals surface area contributed by atoms with Crippen molar-refractivity contribution in [1.29, 1.82) is 0 Å². The van der Waals surface area contributed by atoms with Crippen molar-refractivity contribution in [1.82, 2.24) is 0 Å². The Morgan fingerprint density at radius 1 is 1.16 bits per heavy atom. The van der Waals surface area contributed by atoms with Gasteiger partial charge in [0.1, 0.15) is 5.75 Å². The molecule has 0 spiro atoms. The summed E-state index contributed by atoms with van der Waals surface area (Å²) in [6.07, 6.45) is 0.476. The van der Waals surface area contributed by atoms with Gasteiger partial charge in [-0.2, -0.15) is 0 Å². The van der Waals surface area contributed by atoms with E-state index in [-0.39, 0.29) is 24.5 Å². The molecule has 1 aromatic rings. The molecule has 5 nitrogen and oxygen atoms in total. The molecule has 1 rings (SSSR count). The number of nitrogens with two attached hydrogens (primary N) is 1. The summed E-state index contributed by atoms with van der Waals surface area (Å²) in [7, 11) is 4.76. The molecule has 106 valence electrons. The Morgan fingerprint density at radius 2 is 1.74 bits per heavy atom. The Kier molecular flexibility index (Phi) is 6.32. The smallest absolute Gasteiger partial charge is 0.218 e. The van der Waals surface area contributed by atoms with Gasteiger partial charge in [0.25, 0.3) is 0 Å². The molecule has 0 heterocycles. The second-order valence-electron chi connectivity index (χ2n) is 4.28. The van der Waals surface area contributed by atoms with E-state index in [9.17, 15) is 4.79 Å². The number of carbonyl (C=O) groups is 1. The van der Waals surface area contributed by atoms with E-state index < -0.39 is 0 Å². The van der Waals surface area contributed by atoms with Crippen molar-refractivity contribution >= 4 is 5.91 Å². The van der Waals surface area contributed by atoms with Crippen LogP contribution in [-0.2, 0) is 14.3 Å². The molecular weight excluding hydrogens is 246 g/mol. The largest absolute Gasteiger partial charge is 0.497 e. The fraction of sp³-hybridized carbons (Fsp3) is 0.500. The SMILES string of the molecule is COc1ccc(C(CC(N)=O)CC(OC)OC)cc1. The number of amides is 1. The Hall–Kier alpha value is -1.59. The van der Waals surface area contributed by atoms with Gasteiger partial charge in [-0.3, -0.25) is 4.79 Å². The monoisotopic (exact) mass is 267 g/mol. The number of benzene rings is 1. The lowest BCUT2D eigenvalue weighted by atomic mass is 9.92. The molecule has 0 saturated heterocycles. The highest BCUT2D eigenvalue weighted by molar-refractivity contribution is 5.74. The van der Waals surface area contributed by atoms with Crippen molar-refractivity contribution in [3.05, 3.63) is 29.8 Å². The first-order valence-corrected chi connectivity index (χ1v) is 6.08. The van der Waals surface area contributed by atoms with Crippen LogP contribution in [0.15, 0.2) is 24.3 Å². The number of methoxy groups -OCH3 is 3. The van der Waals surface area contributed by atoms with E-state index >= 15 is 0 Å². The van der Waals surface area contributed by atoms with Crippen molar-refractivity contribution in [3.8, 4) is 5.75 Å². The lowest BCUT2D eigenvalue weighted by Crippen LogP contribution is -2.21. The Labute approximate surface area is 113 Å². The van der Waals surface area contributed by atoms with Crippen molar-refractivity contribution < 1.29 is 19.0 Å². The molecule has 5 heteroatoms. The van der Waals surface area contributed by atoms with Gasteiger partial charge in [0.2, 0.25) is 5.91 Å². The van der Waals surface area contributed by atoms with Crippen LogP contribution in [0.1, 0.15) is 24.3 Å². The van der Waals surface area contributed by atoms with Crippen molar-refractivity contribution in [2.45, 2.75) is 25.0 Å². The van der Waals surface area contributed by atoms with Crippen LogP contribution in [0, 0.1) is 0 Å². The summed E-state index contributed by atoms with van der Waals surface area (Å²) in [4.78, 5) is 11.2. The fourth-order valence-electron chi connectivity index (χ4n) is 1.98. The number of primary amides is 1. The normalized spacial score (nSPS) is 12.4. The van der Waals surface area contributed by atoms with E-state index in [1.54, 1.807) is 21.3 Å². The average Bonchev–Trinajstić information content (AvgIpc) is 2.43. The number of hydrogen-bond acceptors (Lipinski definition) is 4. The first-order chi connectivity index (χ1) is 9.10. The number of rotatable bonds is 8. The molecule has 0 aromatic heterocycles. The number of carbonyl (C=O) groups excluding carboxylic acids is 1. The first kappa shape index (κ1) is 15.5. The predicted molar refractivity (Wildman–Crippen MR) is 72.0 cm³/mol. The minimum Gasteiger partial charge on any atom is -0.497 e. The van der Waals surface area contributed by atoms with Gasteiger partial charge in [0.15, 0.2) is 6.29 Å². The molecule has 1 unspecified atom stereocenters. The van der Waals surface area contributed by atoms with Crippen molar-refractivity contribution in [2.24, 2.45) is 5.73 Å². The van der Waals surface area contributed by atoms with Crippen molar-refractivity contribution in [3.63, 3.8) is 0 Å². The molecule has 1 atom stereocenters. The van der Waals surface area contributed by atoms with Gasteiger partial charge in [-0.15, -0.1) is 0 Å². The van der Waals surface area contributed by atoms with E-state index in [1.165, 1.54) is 0 Å². The molecule has 1 aromatic carbocycles. The van der Waals surface area contributed by atoms with Crippen LogP contribution < -0.4 is 10.5 Å². The maximum absolute atomic E-state index is 11.2. The third kappa shape index (κ3) is 4.89. The summed E-state index contributed by atoms with van der Waals surface area (Å²) in [5.74, 6) is 0.400. The van der Waals surface area contributed by atoms with Crippen LogP contribution in [-0.4, -0.2) is 33.5 Å². The molecule has 0 aliphatic heterocycles. The number of ether oxygens (including phenoxy) is 3. The summed E-state index contributed by atoms with van der Waals surface area (Å²) in [5, 5.41) is 0. The summed E-state index contributed by atoms with van der Waals surface area (Å²) in [5.41, 5.74) is 6.31. The highest BCUT2D eigenvalue weighted by atomic mass is 16.7. The van der Waals surface area contributed by atoms with Crippen molar-refractivity contribution in [2.75, 3.05) is 21.3 Å². The highest BCUT2D eigenvalue weighted by Crippen LogP contribution is 2.27. The topological polar surface area (TPSA) is 70.8 Å². The van der Waals surface area contributed by atoms with Crippen LogP contribution in [0.25, 0.3) is 0 Å². The first-order valence-electron chi connectivity index (χ1n) is 6.08. The second-order valence-corrected chi connectivity index (χ2v) is 4.28. The zero-order valence-electron chi connectivity index (χ0n) is 11.6. The standard InChI is InChI=1S/C14H21NO4/c1-17-12-6-4-10(5-7-12)11(8-13(15)16)9-14(18-2)19-3/h4-7,11,14H,8-9H2,1-3H3,(H2,15,16). The third-order valence-corrected chi connectivity index (χ3v) is 3.04. The van der Waals surface area contributed by atoms with Crippen LogP contribution in [0.2, 0.25) is 0 Å². The van der Waals surface area contributed by atoms with E-state index in [4.69, 9.17) is 19.9 Å². The lowest BCUT2D eigenvalue weighted by Gasteiger charge is -2.21. The molecule has 1 amide bonds. The molecule has 0 radical (unpaired) electrons. The maximum Gasteiger partial charge on any atom is 0.218 e. The maximum atomic E-state index is 11.2. The summed E-state index contributed by atoms with van der Waals surface area (Å²) in [6, 6.07) is 7.57. The van der Waals surface area contributed by atoms with Gasteiger partial charge in [0.05, 0.1) is 7.11 Å². The van der Waals surface area contributed by atoms with Crippen LogP contribution in [0.3, 0.4) is 0 Å². The minimum absolute atomic E-state index is 0.0340. The quantitative estimate of drug-likeness (QED) is 0.727. The Balaban J connectivity index is 2.84. The minimum atomic E-state index is -0.355. The van der Waals surface area contributed by atoms with Gasteiger partial charge in [-0.25, -0.2) is 0 Å². The zero-order valence-corrected chi connectivity index (χ0v) is 11.6. The van der Waals surface area contributed by atoms with Gasteiger partial charge in [0, 0.05) is 27.1 Å². The fourth-order valence-corrected chi connectivity index (χ4v) is 1.98. The molecule has 0 aliphatic rings. The molecule has 0 fully saturated rings. The molecule has 2 N–H and O–H groups in total. The zero-order chi connectivity index (χ0) is 14.3. The number of hydrogen-bond donors (Lipinski definition) is 1. The third-order valence-electron chi connectivity index (χ3n) is 3.04. The van der Waals surface area contributed by atoms with Crippen LogP contribution in [0.5, 0.6) is 5.75 Å². The molecule has 19 heavy (non-hydrogen) atoms. The van der Waals surface area contributed by atoms with Gasteiger partial charge < -0.3 is 19.9 Å². The predicted octanol–water partition coefficient (Wildman–Crippen LogP) is 1.66. The summed E-state index contributed by atoms with van der Waals surface area (Å²) >= 11 is 0. The molecule has 0 aliphatic carbocycles. The van der Waals surface area contributed by atoms with Gasteiger partial charge >= 0.3 is 0 Å². The average molecular weight is 267 g/mol. The van der Waals surface area contributed by atoms with Gasteiger partial charge in [-0.05, 0) is 23.6 Å². The molecule has 0 bridgehead atoms. The van der Waals surface area contributed by atoms with Gasteiger partial charge in [-0.1, -0.05) is 12.1 Å². The Morgan fingerprint density at radius 3 is 2.16 bits per heavy atom. The summed E-state index contributed by atoms with van der Waals surface area (Å²) in [6.45, 7) is 0. The van der Waals surface area contributed by atoms with E-state index in [1.807, 2.05) is 24.3 Å². The molecular formula is C14H21NO4. The molecule has 0 saturated carbocycles.